The van der Waals surface area contributed by atoms with Crippen molar-refractivity contribution >= 4 is 40.9 Å². The van der Waals surface area contributed by atoms with E-state index in [0.717, 1.165) is 10.6 Å². The number of hydrogen-bond acceptors (Lipinski definition) is 7. The molecule has 4 amide bonds. The number of rotatable bonds is 7. The summed E-state index contributed by atoms with van der Waals surface area (Å²) in [6.07, 6.45) is 3.03. The van der Waals surface area contributed by atoms with Crippen molar-refractivity contribution in [2.24, 2.45) is 23.7 Å². The summed E-state index contributed by atoms with van der Waals surface area (Å²) < 4.78 is 19.9. The van der Waals surface area contributed by atoms with Crippen molar-refractivity contribution in [2.45, 2.75) is 44.1 Å². The highest BCUT2D eigenvalue weighted by Crippen LogP contribution is 2.64. The van der Waals surface area contributed by atoms with Crippen LogP contribution in [0.3, 0.4) is 0 Å². The lowest BCUT2D eigenvalue weighted by molar-refractivity contribution is -0.141. The van der Waals surface area contributed by atoms with Crippen molar-refractivity contribution in [3.05, 3.63) is 100 Å². The van der Waals surface area contributed by atoms with Crippen LogP contribution < -0.4 is 5.43 Å². The molecule has 4 aliphatic rings. The van der Waals surface area contributed by atoms with E-state index < -0.39 is 52.6 Å². The fourth-order valence-corrected chi connectivity index (χ4v) is 8.23. The van der Waals surface area contributed by atoms with Gasteiger partial charge in [0.15, 0.2) is 0 Å². The second-order valence-corrected chi connectivity index (χ2v) is 12.6. The van der Waals surface area contributed by atoms with Crippen LogP contribution in [0.4, 0.5) is 10.1 Å². The van der Waals surface area contributed by atoms with Crippen molar-refractivity contribution in [1.29, 1.82) is 0 Å². The zero-order chi connectivity index (χ0) is 31.6. The zero-order valence-electron chi connectivity index (χ0n) is 24.4. The van der Waals surface area contributed by atoms with Crippen LogP contribution in [-0.2, 0) is 31.2 Å². The van der Waals surface area contributed by atoms with Gasteiger partial charge in [-0.2, -0.15) is 5.01 Å². The van der Waals surface area contributed by atoms with E-state index in [4.69, 9.17) is 16.0 Å². The minimum atomic E-state index is -1.52. The van der Waals surface area contributed by atoms with Gasteiger partial charge in [0, 0.05) is 11.6 Å². The van der Waals surface area contributed by atoms with Crippen molar-refractivity contribution in [2.75, 3.05) is 12.0 Å². The van der Waals surface area contributed by atoms with E-state index in [9.17, 15) is 28.7 Å². The van der Waals surface area contributed by atoms with Crippen LogP contribution >= 0.6 is 11.6 Å². The molecule has 2 aliphatic heterocycles. The number of furan rings is 1. The van der Waals surface area contributed by atoms with Gasteiger partial charge in [0.05, 0.1) is 29.4 Å². The molecule has 11 heteroatoms. The van der Waals surface area contributed by atoms with Gasteiger partial charge >= 0.3 is 0 Å². The molecule has 1 saturated carbocycles. The maximum Gasteiger partial charge on any atom is 0.260 e. The molecule has 3 fully saturated rings. The maximum atomic E-state index is 14.9. The Morgan fingerprint density at radius 1 is 0.978 bits per heavy atom. The van der Waals surface area contributed by atoms with Crippen LogP contribution in [0.25, 0.3) is 0 Å². The summed E-state index contributed by atoms with van der Waals surface area (Å²) in [5.74, 6) is -4.89. The molecule has 6 atom stereocenters. The lowest BCUT2D eigenvalue weighted by atomic mass is 9.50. The Kier molecular flexibility index (Phi) is 7.17. The number of benzene rings is 2. The highest BCUT2D eigenvalue weighted by molar-refractivity contribution is 6.30. The molecule has 1 aromatic heterocycles. The molecule has 3 aromatic rings. The summed E-state index contributed by atoms with van der Waals surface area (Å²) in [6.45, 7) is 1.85. The third-order valence-corrected chi connectivity index (χ3v) is 10.2. The first-order chi connectivity index (χ1) is 21.7. The number of amides is 4. The van der Waals surface area contributed by atoms with Gasteiger partial charge < -0.3 is 9.52 Å². The highest BCUT2D eigenvalue weighted by atomic mass is 35.5. The Morgan fingerprint density at radius 3 is 2.38 bits per heavy atom. The van der Waals surface area contributed by atoms with E-state index in [0.29, 0.717) is 41.4 Å². The van der Waals surface area contributed by atoms with Crippen LogP contribution in [0.5, 0.6) is 0 Å². The Morgan fingerprint density at radius 2 is 1.71 bits per heavy atom. The number of nitrogens with zero attached hydrogens (tertiary/aromatic N) is 2. The SMILES string of the molecule is CCCN1C(=O)C2CC=C3C(CC4C(=O)N(Nc5ccc(F)cc5)C(=O)C4(c4ccc(Cl)cc4)C3c3ccc(CO)o3)C2C1=O. The lowest BCUT2D eigenvalue weighted by Gasteiger charge is -2.49. The van der Waals surface area contributed by atoms with Gasteiger partial charge in [0.2, 0.25) is 11.8 Å². The number of allylic oxidation sites excluding steroid dienone is 2. The summed E-state index contributed by atoms with van der Waals surface area (Å²) in [5.41, 5.74) is 3.01. The van der Waals surface area contributed by atoms with Crippen LogP contribution in [0.15, 0.2) is 76.7 Å². The van der Waals surface area contributed by atoms with Crippen LogP contribution in [-0.4, -0.2) is 45.2 Å². The van der Waals surface area contributed by atoms with Gasteiger partial charge in [-0.15, -0.1) is 0 Å². The van der Waals surface area contributed by atoms with Crippen LogP contribution in [0.1, 0.15) is 49.2 Å². The monoisotopic (exact) mass is 631 g/mol. The molecule has 2 N–H and O–H groups in total. The van der Waals surface area contributed by atoms with Crippen molar-refractivity contribution in [1.82, 2.24) is 9.91 Å². The molecule has 3 heterocycles. The van der Waals surface area contributed by atoms with Gasteiger partial charge in [-0.3, -0.25) is 29.5 Å². The summed E-state index contributed by atoms with van der Waals surface area (Å²) in [4.78, 5) is 58.0. The minimum Gasteiger partial charge on any atom is -0.463 e. The van der Waals surface area contributed by atoms with Crippen molar-refractivity contribution in [3.8, 4) is 0 Å². The van der Waals surface area contributed by atoms with Gasteiger partial charge in [-0.1, -0.05) is 42.3 Å². The molecule has 2 saturated heterocycles. The first kappa shape index (κ1) is 29.4. The summed E-state index contributed by atoms with van der Waals surface area (Å²) >= 11 is 6.28. The van der Waals surface area contributed by atoms with Crippen LogP contribution in [0, 0.1) is 29.5 Å². The fraction of sp³-hybridized carbons (Fsp3) is 0.353. The number of hydrazine groups is 1. The quantitative estimate of drug-likeness (QED) is 0.279. The average molecular weight is 632 g/mol. The van der Waals surface area contributed by atoms with Gasteiger partial charge in [0.25, 0.3) is 11.8 Å². The van der Waals surface area contributed by atoms with E-state index in [2.05, 4.69) is 5.43 Å². The van der Waals surface area contributed by atoms with Gasteiger partial charge in [0.1, 0.15) is 29.4 Å². The second-order valence-electron chi connectivity index (χ2n) is 12.2. The van der Waals surface area contributed by atoms with E-state index in [1.165, 1.54) is 29.2 Å². The van der Waals surface area contributed by atoms with E-state index in [-0.39, 0.29) is 30.6 Å². The van der Waals surface area contributed by atoms with E-state index >= 15 is 0 Å². The summed E-state index contributed by atoms with van der Waals surface area (Å²) in [7, 11) is 0. The molecule has 7 rings (SSSR count). The molecule has 2 aromatic carbocycles. The minimum absolute atomic E-state index is 0.144. The normalized spacial score (nSPS) is 29.1. The smallest absolute Gasteiger partial charge is 0.260 e. The predicted molar refractivity (Wildman–Crippen MR) is 161 cm³/mol. The van der Waals surface area contributed by atoms with E-state index in [1.54, 1.807) is 36.4 Å². The molecular formula is C34H31ClFN3O6. The molecule has 0 spiro atoms. The number of nitrogens with one attached hydrogen (secondary N) is 1. The Labute approximate surface area is 263 Å². The third-order valence-electron chi connectivity index (χ3n) is 9.92. The van der Waals surface area contributed by atoms with Gasteiger partial charge in [-0.25, -0.2) is 4.39 Å². The number of carbonyl (C=O) groups is 4. The number of carbonyl (C=O) groups excluding carboxylic acids is 4. The van der Waals surface area contributed by atoms with Crippen molar-refractivity contribution < 1.29 is 33.1 Å². The molecular weight excluding hydrogens is 601 g/mol. The second kappa shape index (κ2) is 11.0. The number of fused-ring (bicyclic) bond motifs is 4. The molecule has 6 unspecified atom stereocenters. The first-order valence-electron chi connectivity index (χ1n) is 15.1. The largest absolute Gasteiger partial charge is 0.463 e. The molecule has 232 valence electrons. The molecule has 0 radical (unpaired) electrons. The van der Waals surface area contributed by atoms with Crippen LogP contribution in [0.2, 0.25) is 5.02 Å². The molecule has 9 nitrogen and oxygen atoms in total. The lowest BCUT2D eigenvalue weighted by Crippen LogP contribution is -2.53. The number of halogens is 2. The number of imide groups is 2. The average Bonchev–Trinajstić information content (AvgIpc) is 3.67. The third kappa shape index (κ3) is 4.29. The number of likely N-dealkylation sites (tertiary alicyclic amines) is 1. The fourth-order valence-electron chi connectivity index (χ4n) is 8.11. The molecule has 2 aliphatic carbocycles. The standard InChI is InChI=1S/C34H31ClFN3O6/c1-2-15-38-30(41)24-13-12-23-25(28(24)32(38)43)16-26-31(42)39(37-21-9-7-20(36)8-10-21)33(44)34(26,18-3-5-19(35)6-4-18)29(23)27-14-11-22(17-40)45-27/h3-12,14,24-26,28-29,37,40H,2,13,15-17H2,1H3. The zero-order valence-corrected chi connectivity index (χ0v) is 25.2. The Bertz CT molecular complexity index is 1740. The van der Waals surface area contributed by atoms with Gasteiger partial charge in [-0.05, 0) is 79.3 Å². The summed E-state index contributed by atoms with van der Waals surface area (Å²) in [6, 6.07) is 15.4. The maximum absolute atomic E-state index is 14.9. The molecule has 0 bridgehead atoms. The number of hydrogen-bond donors (Lipinski definition) is 2. The van der Waals surface area contributed by atoms with E-state index in [1.807, 2.05) is 13.0 Å². The number of aliphatic hydroxyl groups excluding tert-OH is 1. The highest BCUT2D eigenvalue weighted by Gasteiger charge is 2.71. The topological polar surface area (TPSA) is 120 Å². The Hall–Kier alpha value is -4.28. The predicted octanol–water partition coefficient (Wildman–Crippen LogP) is 4.96. The number of anilines is 1. The summed E-state index contributed by atoms with van der Waals surface area (Å²) in [5, 5.41) is 11.3. The Balaban J connectivity index is 1.43. The number of aliphatic hydroxyl groups is 1. The molecule has 45 heavy (non-hydrogen) atoms. The van der Waals surface area contributed by atoms with Crippen molar-refractivity contribution in [3.63, 3.8) is 0 Å². The first-order valence-corrected chi connectivity index (χ1v) is 15.5.